The van der Waals surface area contributed by atoms with Gasteiger partial charge in [0.05, 0.1) is 17.7 Å². The molecule has 5 nitrogen and oxygen atoms in total. The largest absolute Gasteiger partial charge is 0.388 e. The molecule has 0 aliphatic heterocycles. The summed E-state index contributed by atoms with van der Waals surface area (Å²) in [5, 5.41) is 24.1. The molecule has 0 unspecified atom stereocenters. The number of aliphatic hydroxyl groups is 1. The highest BCUT2D eigenvalue weighted by atomic mass is 16.3. The van der Waals surface area contributed by atoms with E-state index in [-0.39, 0.29) is 6.03 Å². The van der Waals surface area contributed by atoms with Crippen LogP contribution >= 0.6 is 0 Å². The molecule has 1 atom stereocenters. The number of benzene rings is 2. The number of aliphatic hydroxyl groups excluding tert-OH is 1. The summed E-state index contributed by atoms with van der Waals surface area (Å²) in [6.07, 6.45) is -0.182. The summed E-state index contributed by atoms with van der Waals surface area (Å²) in [4.78, 5) is 11.7. The van der Waals surface area contributed by atoms with Crippen LogP contribution < -0.4 is 10.6 Å². The summed E-state index contributed by atoms with van der Waals surface area (Å²) in [5.74, 6) is 0. The number of amides is 2. The van der Waals surface area contributed by atoms with E-state index in [9.17, 15) is 9.90 Å². The average molecular weight is 295 g/mol. The Morgan fingerprint density at radius 3 is 2.68 bits per heavy atom. The minimum Gasteiger partial charge on any atom is -0.388 e. The number of carbonyl (C=O) groups excluding carboxylic acids is 1. The lowest BCUT2D eigenvalue weighted by molar-refractivity contribution is 0.167. The second-order valence-electron chi connectivity index (χ2n) is 4.79. The van der Waals surface area contributed by atoms with Crippen LogP contribution in [0.2, 0.25) is 0 Å². The molecule has 3 N–H and O–H groups in total. The first-order valence-corrected chi connectivity index (χ1v) is 6.97. The molecule has 0 radical (unpaired) electrons. The van der Waals surface area contributed by atoms with Crippen molar-refractivity contribution in [2.75, 3.05) is 11.9 Å². The fourth-order valence-corrected chi connectivity index (χ4v) is 2.01. The molecule has 0 bridgehead atoms. The van der Waals surface area contributed by atoms with Crippen LogP contribution in [0.25, 0.3) is 0 Å². The Bertz CT molecular complexity index is 665. The maximum atomic E-state index is 11.7. The first-order valence-electron chi connectivity index (χ1n) is 6.97. The molecule has 0 spiro atoms. The van der Waals surface area contributed by atoms with Crippen LogP contribution in [-0.4, -0.2) is 17.7 Å². The van der Waals surface area contributed by atoms with Crippen LogP contribution in [0.4, 0.5) is 10.5 Å². The van der Waals surface area contributed by atoms with Gasteiger partial charge in [-0.05, 0) is 30.2 Å². The van der Waals surface area contributed by atoms with Gasteiger partial charge in [-0.2, -0.15) is 5.26 Å². The summed E-state index contributed by atoms with van der Waals surface area (Å²) in [6, 6.07) is 17.6. The van der Waals surface area contributed by atoms with Gasteiger partial charge >= 0.3 is 6.03 Å². The van der Waals surface area contributed by atoms with Crippen molar-refractivity contribution in [2.45, 2.75) is 12.5 Å². The zero-order valence-corrected chi connectivity index (χ0v) is 12.0. The Kier molecular flexibility index (Phi) is 5.52. The summed E-state index contributed by atoms with van der Waals surface area (Å²) in [7, 11) is 0. The molecule has 0 aliphatic rings. The van der Waals surface area contributed by atoms with E-state index in [2.05, 4.69) is 10.6 Å². The van der Waals surface area contributed by atoms with Crippen molar-refractivity contribution >= 4 is 11.7 Å². The summed E-state index contributed by atoms with van der Waals surface area (Å²) in [6.45, 7) is 0.347. The van der Waals surface area contributed by atoms with Gasteiger partial charge in [0.2, 0.25) is 0 Å². The first kappa shape index (κ1) is 15.5. The Morgan fingerprint density at radius 2 is 1.95 bits per heavy atom. The van der Waals surface area contributed by atoms with Crippen molar-refractivity contribution < 1.29 is 9.90 Å². The molecule has 0 saturated carbocycles. The van der Waals surface area contributed by atoms with Gasteiger partial charge in [-0.15, -0.1) is 0 Å². The van der Waals surface area contributed by atoms with E-state index in [1.807, 2.05) is 36.4 Å². The van der Waals surface area contributed by atoms with Crippen molar-refractivity contribution in [3.8, 4) is 6.07 Å². The predicted octanol–water partition coefficient (Wildman–Crippen LogP) is 2.80. The van der Waals surface area contributed by atoms with E-state index in [1.165, 1.54) is 0 Å². The van der Waals surface area contributed by atoms with Gasteiger partial charge in [-0.25, -0.2) is 4.79 Å². The Labute approximate surface area is 129 Å². The predicted molar refractivity (Wildman–Crippen MR) is 84.2 cm³/mol. The fourth-order valence-electron chi connectivity index (χ4n) is 2.01. The quantitative estimate of drug-likeness (QED) is 0.793. The fraction of sp³-hybridized carbons (Fsp3) is 0.176. The maximum absolute atomic E-state index is 11.7. The summed E-state index contributed by atoms with van der Waals surface area (Å²) < 4.78 is 0. The normalized spacial score (nSPS) is 11.3. The lowest BCUT2D eigenvalue weighted by Gasteiger charge is -2.12. The molecule has 0 fully saturated rings. The van der Waals surface area contributed by atoms with Gasteiger partial charge in [-0.3, -0.25) is 0 Å². The van der Waals surface area contributed by atoms with Crippen molar-refractivity contribution in [2.24, 2.45) is 0 Å². The van der Waals surface area contributed by atoms with Gasteiger partial charge in [0.1, 0.15) is 0 Å². The molecule has 0 heterocycles. The number of carbonyl (C=O) groups is 1. The minimum absolute atomic E-state index is 0.347. The maximum Gasteiger partial charge on any atom is 0.319 e. The van der Waals surface area contributed by atoms with Gasteiger partial charge in [-0.1, -0.05) is 36.4 Å². The van der Waals surface area contributed by atoms with Crippen LogP contribution in [0.15, 0.2) is 54.6 Å². The molecule has 2 aromatic rings. The van der Waals surface area contributed by atoms with Crippen molar-refractivity contribution in [1.82, 2.24) is 5.32 Å². The van der Waals surface area contributed by atoms with Crippen LogP contribution in [0.1, 0.15) is 23.7 Å². The molecule has 2 aromatic carbocycles. The first-order chi connectivity index (χ1) is 10.7. The van der Waals surface area contributed by atoms with E-state index in [0.717, 1.165) is 5.56 Å². The summed E-state index contributed by atoms with van der Waals surface area (Å²) in [5.41, 5.74) is 1.86. The number of nitriles is 1. The lowest BCUT2D eigenvalue weighted by Crippen LogP contribution is -2.30. The molecule has 0 aliphatic carbocycles. The van der Waals surface area contributed by atoms with Gasteiger partial charge in [0.25, 0.3) is 0 Å². The van der Waals surface area contributed by atoms with Crippen molar-refractivity contribution in [3.63, 3.8) is 0 Å². The number of anilines is 1. The third-order valence-electron chi connectivity index (χ3n) is 3.14. The van der Waals surface area contributed by atoms with Crippen LogP contribution in [0.5, 0.6) is 0 Å². The van der Waals surface area contributed by atoms with Crippen LogP contribution in [0.3, 0.4) is 0 Å². The second-order valence-corrected chi connectivity index (χ2v) is 4.79. The number of nitrogens with one attached hydrogen (secondary N) is 2. The molecule has 2 rings (SSSR count). The van der Waals surface area contributed by atoms with Gasteiger partial charge in [0.15, 0.2) is 0 Å². The average Bonchev–Trinajstić information content (AvgIpc) is 2.55. The van der Waals surface area contributed by atoms with Crippen molar-refractivity contribution in [3.05, 3.63) is 65.7 Å². The highest BCUT2D eigenvalue weighted by Gasteiger charge is 2.08. The third-order valence-corrected chi connectivity index (χ3v) is 3.14. The molecular formula is C17H17N3O2. The molecule has 2 amide bonds. The molecule has 22 heavy (non-hydrogen) atoms. The smallest absolute Gasteiger partial charge is 0.319 e. The number of urea groups is 1. The number of hydrogen-bond acceptors (Lipinski definition) is 3. The zero-order chi connectivity index (χ0) is 15.8. The molecule has 0 aromatic heterocycles. The van der Waals surface area contributed by atoms with Gasteiger partial charge in [0, 0.05) is 12.2 Å². The standard InChI is InChI=1S/C17H17N3O2/c18-12-13-5-4-8-15(11-13)20-17(22)19-10-9-16(21)14-6-2-1-3-7-14/h1-8,11,16,21H,9-10H2,(H2,19,20,22)/t16-/m0/s1. The molecule has 5 heteroatoms. The second kappa shape index (κ2) is 7.81. The molecule has 112 valence electrons. The van der Waals surface area contributed by atoms with E-state index < -0.39 is 6.10 Å². The number of nitrogens with zero attached hydrogens (tertiary/aromatic N) is 1. The molecular weight excluding hydrogens is 278 g/mol. The monoisotopic (exact) mass is 295 g/mol. The third kappa shape index (κ3) is 4.62. The highest BCUT2D eigenvalue weighted by molar-refractivity contribution is 5.89. The van der Waals surface area contributed by atoms with Crippen molar-refractivity contribution in [1.29, 1.82) is 5.26 Å². The highest BCUT2D eigenvalue weighted by Crippen LogP contribution is 2.15. The van der Waals surface area contributed by atoms with Crippen LogP contribution in [0, 0.1) is 11.3 Å². The Hall–Kier alpha value is -2.84. The number of hydrogen-bond donors (Lipinski definition) is 3. The number of rotatable bonds is 5. The molecule has 0 saturated heterocycles. The van der Waals surface area contributed by atoms with E-state index in [1.54, 1.807) is 24.3 Å². The van der Waals surface area contributed by atoms with Gasteiger partial charge < -0.3 is 15.7 Å². The Morgan fingerprint density at radius 1 is 1.18 bits per heavy atom. The lowest BCUT2D eigenvalue weighted by atomic mass is 10.1. The Balaban J connectivity index is 1.77. The topological polar surface area (TPSA) is 85.2 Å². The van der Waals surface area contributed by atoms with E-state index in [0.29, 0.717) is 24.2 Å². The van der Waals surface area contributed by atoms with E-state index >= 15 is 0 Å². The van der Waals surface area contributed by atoms with Crippen LogP contribution in [-0.2, 0) is 0 Å². The minimum atomic E-state index is -0.608. The summed E-state index contributed by atoms with van der Waals surface area (Å²) >= 11 is 0. The zero-order valence-electron chi connectivity index (χ0n) is 12.0. The van der Waals surface area contributed by atoms with E-state index in [4.69, 9.17) is 5.26 Å². The SMILES string of the molecule is N#Cc1cccc(NC(=O)NCC[C@H](O)c2ccccc2)c1.